The molecule has 38 heavy (non-hydrogen) atoms. The monoisotopic (exact) mass is 626 g/mol. The molecule has 10 nitrogen and oxygen atoms in total. The standard InChI is InChI=1S/2C10H10ClF2NO4S/c2*11-6-2-3-7(9(13)8(6)10(15)16)14-19(17,18)5-1-4-12/h2*2-3,14H,1,4-5H2,(H,15,16). The van der Waals surface area contributed by atoms with Crippen molar-refractivity contribution in [3.63, 3.8) is 0 Å². The normalized spacial score (nSPS) is 11.3. The maximum Gasteiger partial charge on any atom is 0.340 e. The number of sulfonamides is 2. The molecule has 0 aliphatic heterocycles. The molecule has 0 aliphatic carbocycles. The minimum absolute atomic E-state index is 0.240. The van der Waals surface area contributed by atoms with E-state index in [4.69, 9.17) is 33.4 Å². The van der Waals surface area contributed by atoms with Gasteiger partial charge in [-0.1, -0.05) is 23.2 Å². The molecule has 0 atom stereocenters. The summed E-state index contributed by atoms with van der Waals surface area (Å²) >= 11 is 11.0. The van der Waals surface area contributed by atoms with Crippen LogP contribution in [0.3, 0.4) is 0 Å². The summed E-state index contributed by atoms with van der Waals surface area (Å²) < 4.78 is 101. The summed E-state index contributed by atoms with van der Waals surface area (Å²) in [4.78, 5) is 21.6. The number of carboxylic acid groups (broad SMARTS) is 2. The number of anilines is 2. The number of alkyl halides is 2. The molecule has 0 aromatic heterocycles. The zero-order chi connectivity index (χ0) is 29.3. The minimum Gasteiger partial charge on any atom is -0.478 e. The highest BCUT2D eigenvalue weighted by atomic mass is 35.5. The highest BCUT2D eigenvalue weighted by Crippen LogP contribution is 2.27. The summed E-state index contributed by atoms with van der Waals surface area (Å²) in [5, 5.41) is 16.8. The number of benzene rings is 2. The van der Waals surface area contributed by atoms with Crippen LogP contribution in [0, 0.1) is 11.6 Å². The van der Waals surface area contributed by atoms with Crippen molar-refractivity contribution in [1.82, 2.24) is 0 Å². The summed E-state index contributed by atoms with van der Waals surface area (Å²) in [5.74, 6) is -6.88. The van der Waals surface area contributed by atoms with Crippen LogP contribution in [0.4, 0.5) is 28.9 Å². The van der Waals surface area contributed by atoms with E-state index in [1.165, 1.54) is 0 Å². The van der Waals surface area contributed by atoms with E-state index in [-0.39, 0.29) is 22.9 Å². The molecule has 18 heteroatoms. The summed E-state index contributed by atoms with van der Waals surface area (Å²) in [6.07, 6.45) is -0.480. The van der Waals surface area contributed by atoms with Crippen molar-refractivity contribution in [2.45, 2.75) is 12.8 Å². The van der Waals surface area contributed by atoms with Crippen LogP contribution in [0.1, 0.15) is 33.6 Å². The number of aromatic carboxylic acids is 2. The average molecular weight is 627 g/mol. The molecule has 0 spiro atoms. The number of hydrogen-bond donors (Lipinski definition) is 4. The van der Waals surface area contributed by atoms with Gasteiger partial charge in [0.05, 0.1) is 46.3 Å². The van der Waals surface area contributed by atoms with Gasteiger partial charge in [-0.3, -0.25) is 18.2 Å². The first kappa shape index (κ1) is 33.2. The highest BCUT2D eigenvalue weighted by Gasteiger charge is 2.22. The molecule has 0 radical (unpaired) electrons. The molecule has 2 aromatic rings. The van der Waals surface area contributed by atoms with Gasteiger partial charge in [0.15, 0.2) is 11.6 Å². The molecule has 4 N–H and O–H groups in total. The number of hydrogen-bond acceptors (Lipinski definition) is 6. The van der Waals surface area contributed by atoms with Crippen molar-refractivity contribution in [1.29, 1.82) is 0 Å². The maximum atomic E-state index is 13.8. The Balaban J connectivity index is 0.000000380. The SMILES string of the molecule is O=C(O)c1c(Cl)ccc(NS(=O)(=O)CCCF)c1F.O=C(O)c1c(Cl)ccc(NS(=O)(=O)CCCF)c1F. The molecule has 0 unspecified atom stereocenters. The summed E-state index contributed by atoms with van der Waals surface area (Å²) in [7, 11) is -7.88. The van der Waals surface area contributed by atoms with Crippen LogP contribution in [0.25, 0.3) is 0 Å². The van der Waals surface area contributed by atoms with E-state index in [0.29, 0.717) is 0 Å². The largest absolute Gasteiger partial charge is 0.478 e. The van der Waals surface area contributed by atoms with Crippen LogP contribution in [0.2, 0.25) is 10.0 Å². The second-order valence-electron chi connectivity index (χ2n) is 7.11. The van der Waals surface area contributed by atoms with Crippen molar-refractivity contribution in [2.75, 3.05) is 34.3 Å². The minimum atomic E-state index is -3.94. The molecule has 2 rings (SSSR count). The van der Waals surface area contributed by atoms with Crippen LogP contribution in [-0.4, -0.2) is 63.8 Å². The third kappa shape index (κ3) is 9.81. The average Bonchev–Trinajstić information content (AvgIpc) is 2.80. The van der Waals surface area contributed by atoms with E-state index >= 15 is 0 Å². The number of nitrogens with one attached hydrogen (secondary N) is 2. The lowest BCUT2D eigenvalue weighted by Crippen LogP contribution is -2.18. The van der Waals surface area contributed by atoms with Gasteiger partial charge in [0.1, 0.15) is 11.1 Å². The Morgan fingerprint density at radius 2 is 1.03 bits per heavy atom. The molecule has 2 aromatic carbocycles. The van der Waals surface area contributed by atoms with Gasteiger partial charge in [0.25, 0.3) is 0 Å². The van der Waals surface area contributed by atoms with Crippen molar-refractivity contribution < 1.29 is 54.2 Å². The van der Waals surface area contributed by atoms with E-state index in [1.54, 1.807) is 0 Å². The Bertz CT molecular complexity index is 1290. The fraction of sp³-hybridized carbons (Fsp3) is 0.300. The molecule has 0 saturated heterocycles. The first-order valence-electron chi connectivity index (χ1n) is 10.1. The zero-order valence-corrected chi connectivity index (χ0v) is 22.1. The number of halogens is 6. The summed E-state index contributed by atoms with van der Waals surface area (Å²) in [6, 6.07) is 4.11. The van der Waals surface area contributed by atoms with Crippen LogP contribution in [-0.2, 0) is 20.0 Å². The van der Waals surface area contributed by atoms with E-state index in [2.05, 4.69) is 0 Å². The van der Waals surface area contributed by atoms with Crippen LogP contribution >= 0.6 is 23.2 Å². The molecular formula is C20H20Cl2F4N2O8S2. The Labute approximate surface area is 224 Å². The fourth-order valence-corrected chi connectivity index (χ4v) is 5.20. The molecule has 0 aliphatic rings. The van der Waals surface area contributed by atoms with Crippen LogP contribution < -0.4 is 9.44 Å². The molecule has 212 valence electrons. The lowest BCUT2D eigenvalue weighted by atomic mass is 10.2. The van der Waals surface area contributed by atoms with E-state index in [0.717, 1.165) is 24.3 Å². The second kappa shape index (κ2) is 14.4. The van der Waals surface area contributed by atoms with Gasteiger partial charge in [0.2, 0.25) is 20.0 Å². The molecule has 0 bridgehead atoms. The van der Waals surface area contributed by atoms with Gasteiger partial charge in [-0.15, -0.1) is 0 Å². The summed E-state index contributed by atoms with van der Waals surface area (Å²) in [5.41, 5.74) is -2.74. The smallest absolute Gasteiger partial charge is 0.340 e. The lowest BCUT2D eigenvalue weighted by molar-refractivity contribution is 0.0681. The Morgan fingerprint density at radius 1 is 0.711 bits per heavy atom. The van der Waals surface area contributed by atoms with Crippen molar-refractivity contribution >= 4 is 66.6 Å². The van der Waals surface area contributed by atoms with Crippen molar-refractivity contribution in [3.05, 3.63) is 57.1 Å². The van der Waals surface area contributed by atoms with Gasteiger partial charge in [-0.05, 0) is 37.1 Å². The van der Waals surface area contributed by atoms with Crippen LogP contribution in [0.5, 0.6) is 0 Å². The van der Waals surface area contributed by atoms with Gasteiger partial charge >= 0.3 is 11.9 Å². The van der Waals surface area contributed by atoms with Gasteiger partial charge in [-0.2, -0.15) is 0 Å². The van der Waals surface area contributed by atoms with E-state index < -0.39 is 91.0 Å². The first-order valence-corrected chi connectivity index (χ1v) is 14.2. The van der Waals surface area contributed by atoms with E-state index in [1.807, 2.05) is 9.44 Å². The number of carboxylic acids is 2. The molecule has 0 saturated carbocycles. The Kier molecular flexibility index (Phi) is 12.6. The topological polar surface area (TPSA) is 167 Å². The maximum absolute atomic E-state index is 13.8. The molecular weight excluding hydrogens is 607 g/mol. The second-order valence-corrected chi connectivity index (χ2v) is 11.6. The van der Waals surface area contributed by atoms with Gasteiger partial charge in [-0.25, -0.2) is 35.2 Å². The summed E-state index contributed by atoms with van der Waals surface area (Å²) in [6.45, 7) is -1.66. The first-order chi connectivity index (χ1) is 17.6. The molecule has 0 heterocycles. The Morgan fingerprint density at radius 3 is 1.29 bits per heavy atom. The predicted molar refractivity (Wildman–Crippen MR) is 133 cm³/mol. The number of carbonyl (C=O) groups is 2. The molecule has 0 amide bonds. The highest BCUT2D eigenvalue weighted by molar-refractivity contribution is 7.92. The van der Waals surface area contributed by atoms with E-state index in [9.17, 15) is 44.0 Å². The number of rotatable bonds is 12. The third-order valence-corrected chi connectivity index (χ3v) is 7.58. The lowest BCUT2D eigenvalue weighted by Gasteiger charge is -2.10. The van der Waals surface area contributed by atoms with Gasteiger partial charge < -0.3 is 10.2 Å². The van der Waals surface area contributed by atoms with Gasteiger partial charge in [0, 0.05) is 0 Å². The fourth-order valence-electron chi connectivity index (χ4n) is 2.58. The van der Waals surface area contributed by atoms with Crippen molar-refractivity contribution in [3.8, 4) is 0 Å². The Hall–Kier alpha value is -2.82. The third-order valence-electron chi connectivity index (χ3n) is 4.23. The molecule has 0 fully saturated rings. The predicted octanol–water partition coefficient (Wildman–Crippen LogP) is 4.56. The zero-order valence-electron chi connectivity index (χ0n) is 19.0. The van der Waals surface area contributed by atoms with Crippen molar-refractivity contribution in [2.24, 2.45) is 0 Å². The quantitative estimate of drug-likeness (QED) is 0.249. The van der Waals surface area contributed by atoms with Crippen LogP contribution in [0.15, 0.2) is 24.3 Å².